The van der Waals surface area contributed by atoms with Crippen molar-refractivity contribution in [2.45, 2.75) is 39.7 Å². The minimum atomic E-state index is -0.271. The summed E-state index contributed by atoms with van der Waals surface area (Å²) in [5, 5.41) is 8.58. The van der Waals surface area contributed by atoms with Gasteiger partial charge in [-0.05, 0) is 44.4 Å². The van der Waals surface area contributed by atoms with Crippen LogP contribution in [-0.4, -0.2) is 30.3 Å². The molecule has 7 heteroatoms. The lowest BCUT2D eigenvalue weighted by Crippen LogP contribution is -2.30. The lowest BCUT2D eigenvalue weighted by Gasteiger charge is -2.12. The van der Waals surface area contributed by atoms with Gasteiger partial charge in [0, 0.05) is 30.5 Å². The van der Waals surface area contributed by atoms with Crippen molar-refractivity contribution in [3.05, 3.63) is 28.8 Å². The van der Waals surface area contributed by atoms with E-state index in [-0.39, 0.29) is 42.6 Å². The summed E-state index contributed by atoms with van der Waals surface area (Å²) in [7, 11) is 0. The van der Waals surface area contributed by atoms with Crippen LogP contribution in [0.15, 0.2) is 18.2 Å². The summed E-state index contributed by atoms with van der Waals surface area (Å²) in [4.78, 5) is 35.8. The molecule has 1 fully saturated rings. The molecule has 2 atom stereocenters. The highest BCUT2D eigenvalue weighted by Crippen LogP contribution is 2.37. The van der Waals surface area contributed by atoms with E-state index in [0.717, 1.165) is 6.42 Å². The van der Waals surface area contributed by atoms with E-state index in [1.54, 1.807) is 18.2 Å². The quantitative estimate of drug-likeness (QED) is 0.694. The van der Waals surface area contributed by atoms with Gasteiger partial charge in [-0.2, -0.15) is 0 Å². The first-order valence-electron chi connectivity index (χ1n) is 8.46. The maximum atomic E-state index is 12.0. The van der Waals surface area contributed by atoms with Gasteiger partial charge in [0.25, 0.3) is 5.91 Å². The Kier molecular flexibility index (Phi) is 6.42. The first kappa shape index (κ1) is 19.2. The molecule has 25 heavy (non-hydrogen) atoms. The SMILES string of the molecule is CC(C)NC(=O)c1ccc(Cl)c(NC(=O)CCNC(=O)[C@H]2C[C@H]2C)c1. The Bertz CT molecular complexity index is 676. The number of benzene rings is 1. The van der Waals surface area contributed by atoms with E-state index in [4.69, 9.17) is 11.6 Å². The molecule has 1 saturated carbocycles. The molecule has 3 N–H and O–H groups in total. The topological polar surface area (TPSA) is 87.3 Å². The van der Waals surface area contributed by atoms with Crippen LogP contribution in [0.1, 0.15) is 44.0 Å². The molecule has 1 aromatic rings. The van der Waals surface area contributed by atoms with Gasteiger partial charge in [-0.15, -0.1) is 0 Å². The van der Waals surface area contributed by atoms with Crippen LogP contribution in [0.3, 0.4) is 0 Å². The average Bonchev–Trinajstić information content (AvgIpc) is 3.25. The summed E-state index contributed by atoms with van der Waals surface area (Å²) in [6.07, 6.45) is 1.06. The summed E-state index contributed by atoms with van der Waals surface area (Å²) in [5.74, 6) is 0.0344. The van der Waals surface area contributed by atoms with Crippen LogP contribution in [0.25, 0.3) is 0 Å². The third kappa shape index (κ3) is 5.74. The van der Waals surface area contributed by atoms with E-state index in [1.165, 1.54) is 0 Å². The molecule has 0 saturated heterocycles. The number of rotatable bonds is 7. The van der Waals surface area contributed by atoms with E-state index < -0.39 is 0 Å². The fourth-order valence-corrected chi connectivity index (χ4v) is 2.60. The van der Waals surface area contributed by atoms with Gasteiger partial charge in [0.15, 0.2) is 0 Å². The molecule has 0 bridgehead atoms. The van der Waals surface area contributed by atoms with Crippen molar-refractivity contribution in [3.8, 4) is 0 Å². The summed E-state index contributed by atoms with van der Waals surface area (Å²) in [5.41, 5.74) is 0.801. The molecule has 0 spiro atoms. The predicted molar refractivity (Wildman–Crippen MR) is 97.6 cm³/mol. The monoisotopic (exact) mass is 365 g/mol. The summed E-state index contributed by atoms with van der Waals surface area (Å²) in [6.45, 7) is 6.04. The maximum absolute atomic E-state index is 12.0. The molecule has 6 nitrogen and oxygen atoms in total. The van der Waals surface area contributed by atoms with Crippen molar-refractivity contribution in [2.75, 3.05) is 11.9 Å². The molecule has 0 radical (unpaired) electrons. The molecule has 0 aliphatic heterocycles. The lowest BCUT2D eigenvalue weighted by molar-refractivity contribution is -0.122. The first-order chi connectivity index (χ1) is 11.8. The molecule has 3 amide bonds. The largest absolute Gasteiger partial charge is 0.355 e. The predicted octanol–water partition coefficient (Wildman–Crippen LogP) is 2.58. The standard InChI is InChI=1S/C18H24ClN3O3/c1-10(2)21-17(24)12-4-5-14(19)15(9-12)22-16(23)6-7-20-18(25)13-8-11(13)3/h4-5,9-11,13H,6-8H2,1-3H3,(H,20,25)(H,21,24)(H,22,23)/t11-,13+/m1/s1. The number of hydrogen-bond donors (Lipinski definition) is 3. The fraction of sp³-hybridized carbons (Fsp3) is 0.500. The zero-order chi connectivity index (χ0) is 18.6. The molecule has 1 aliphatic carbocycles. The van der Waals surface area contributed by atoms with Gasteiger partial charge in [0.2, 0.25) is 11.8 Å². The van der Waals surface area contributed by atoms with Gasteiger partial charge < -0.3 is 16.0 Å². The Labute approximate surface area is 152 Å². The first-order valence-corrected chi connectivity index (χ1v) is 8.83. The number of nitrogens with one attached hydrogen (secondary N) is 3. The maximum Gasteiger partial charge on any atom is 0.251 e. The van der Waals surface area contributed by atoms with Crippen LogP contribution in [0, 0.1) is 11.8 Å². The number of carbonyl (C=O) groups is 3. The third-order valence-corrected chi connectivity index (χ3v) is 4.35. The van der Waals surface area contributed by atoms with Crippen molar-refractivity contribution in [1.82, 2.24) is 10.6 Å². The van der Waals surface area contributed by atoms with E-state index in [2.05, 4.69) is 16.0 Å². The average molecular weight is 366 g/mol. The zero-order valence-corrected chi connectivity index (χ0v) is 15.4. The van der Waals surface area contributed by atoms with Crippen molar-refractivity contribution >= 4 is 35.0 Å². The second-order valence-electron chi connectivity index (χ2n) is 6.73. The van der Waals surface area contributed by atoms with Crippen molar-refractivity contribution < 1.29 is 14.4 Å². The Hall–Kier alpha value is -2.08. The number of amides is 3. The smallest absolute Gasteiger partial charge is 0.251 e. The van der Waals surface area contributed by atoms with E-state index >= 15 is 0 Å². The van der Waals surface area contributed by atoms with Crippen LogP contribution in [0.2, 0.25) is 5.02 Å². The fourth-order valence-electron chi connectivity index (χ4n) is 2.44. The number of carbonyl (C=O) groups excluding carboxylic acids is 3. The van der Waals surface area contributed by atoms with Crippen LogP contribution >= 0.6 is 11.6 Å². The highest BCUT2D eigenvalue weighted by Gasteiger charge is 2.38. The highest BCUT2D eigenvalue weighted by molar-refractivity contribution is 6.33. The molecule has 1 aromatic carbocycles. The Morgan fingerprint density at radius 1 is 1.28 bits per heavy atom. The minimum Gasteiger partial charge on any atom is -0.355 e. The zero-order valence-electron chi connectivity index (χ0n) is 14.7. The van der Waals surface area contributed by atoms with Gasteiger partial charge in [-0.1, -0.05) is 18.5 Å². The van der Waals surface area contributed by atoms with Gasteiger partial charge >= 0.3 is 0 Å². The van der Waals surface area contributed by atoms with Gasteiger partial charge in [-0.25, -0.2) is 0 Å². The second-order valence-corrected chi connectivity index (χ2v) is 7.14. The lowest BCUT2D eigenvalue weighted by atomic mass is 10.1. The van der Waals surface area contributed by atoms with E-state index in [1.807, 2.05) is 20.8 Å². The summed E-state index contributed by atoms with van der Waals surface area (Å²) < 4.78 is 0. The van der Waals surface area contributed by atoms with Gasteiger partial charge in [0.1, 0.15) is 0 Å². The summed E-state index contributed by atoms with van der Waals surface area (Å²) in [6, 6.07) is 4.73. The number of hydrogen-bond acceptors (Lipinski definition) is 3. The molecule has 0 aromatic heterocycles. The van der Waals surface area contributed by atoms with Crippen LogP contribution < -0.4 is 16.0 Å². The number of anilines is 1. The van der Waals surface area contributed by atoms with Gasteiger partial charge in [0.05, 0.1) is 10.7 Å². The highest BCUT2D eigenvalue weighted by atomic mass is 35.5. The van der Waals surface area contributed by atoms with Crippen molar-refractivity contribution in [3.63, 3.8) is 0 Å². The van der Waals surface area contributed by atoms with Gasteiger partial charge in [-0.3, -0.25) is 14.4 Å². The van der Waals surface area contributed by atoms with Crippen molar-refractivity contribution in [1.29, 1.82) is 0 Å². The molecular formula is C18H24ClN3O3. The molecule has 2 rings (SSSR count). The molecule has 1 aliphatic rings. The minimum absolute atomic E-state index is 0.00527. The molecular weight excluding hydrogens is 342 g/mol. The van der Waals surface area contributed by atoms with E-state index in [0.29, 0.717) is 22.2 Å². The summed E-state index contributed by atoms with van der Waals surface area (Å²) >= 11 is 6.08. The normalized spacial score (nSPS) is 18.6. The van der Waals surface area contributed by atoms with E-state index in [9.17, 15) is 14.4 Å². The molecule has 136 valence electrons. The number of halogens is 1. The Morgan fingerprint density at radius 3 is 2.56 bits per heavy atom. The Morgan fingerprint density at radius 2 is 1.96 bits per heavy atom. The molecule has 0 heterocycles. The van der Waals surface area contributed by atoms with Crippen molar-refractivity contribution in [2.24, 2.45) is 11.8 Å². The third-order valence-electron chi connectivity index (χ3n) is 4.02. The second kappa shape index (κ2) is 8.34. The molecule has 0 unspecified atom stereocenters. The van der Waals surface area contributed by atoms with Crippen LogP contribution in [-0.2, 0) is 9.59 Å². The van der Waals surface area contributed by atoms with Crippen LogP contribution in [0.4, 0.5) is 5.69 Å². The Balaban J connectivity index is 1.86. The van der Waals surface area contributed by atoms with Crippen LogP contribution in [0.5, 0.6) is 0 Å².